The van der Waals surface area contributed by atoms with E-state index in [4.69, 9.17) is 0 Å². The van der Waals surface area contributed by atoms with Gasteiger partial charge in [0.1, 0.15) is 0 Å². The van der Waals surface area contributed by atoms with Crippen molar-refractivity contribution in [3.63, 3.8) is 0 Å². The van der Waals surface area contributed by atoms with Crippen LogP contribution in [0.15, 0.2) is 0 Å². The van der Waals surface area contributed by atoms with Crippen molar-refractivity contribution in [2.45, 2.75) is 19.3 Å². The smallest absolute Gasteiger partial charge is 0.421 e. The van der Waals surface area contributed by atoms with Gasteiger partial charge in [0, 0.05) is 13.1 Å². The lowest BCUT2D eigenvalue weighted by atomic mass is 10.2. The molecule has 1 amide bonds. The Hall–Kier alpha value is -0.770. The summed E-state index contributed by atoms with van der Waals surface area (Å²) >= 11 is 0. The van der Waals surface area contributed by atoms with Gasteiger partial charge in [-0.15, -0.1) is 0 Å². The Morgan fingerprint density at radius 1 is 1.36 bits per heavy atom. The normalized spacial score (nSPS) is 19.4. The highest BCUT2D eigenvalue weighted by atomic mass is 16.5. The van der Waals surface area contributed by atoms with Crippen LogP contribution in [0.25, 0.3) is 0 Å². The first-order valence-electron chi connectivity index (χ1n) is 3.92. The van der Waals surface area contributed by atoms with Gasteiger partial charge in [0.25, 0.3) is 0 Å². The minimum Gasteiger partial charge on any atom is -0.452 e. The molecule has 1 aliphatic heterocycles. The summed E-state index contributed by atoms with van der Waals surface area (Å²) < 4.78 is 4.46. The summed E-state index contributed by atoms with van der Waals surface area (Å²) in [7, 11) is 1.37. The average Bonchev–Trinajstić information content (AvgIpc) is 2.06. The third-order valence-electron chi connectivity index (χ3n) is 1.79. The van der Waals surface area contributed by atoms with Gasteiger partial charge < -0.3 is 4.74 Å². The third kappa shape index (κ3) is 2.76. The van der Waals surface area contributed by atoms with Crippen LogP contribution >= 0.6 is 0 Å². The molecule has 11 heavy (non-hydrogen) atoms. The second kappa shape index (κ2) is 4.18. The second-order valence-corrected chi connectivity index (χ2v) is 2.65. The predicted octanol–water partition coefficient (Wildman–Crippen LogP) is 0.743. The highest BCUT2D eigenvalue weighted by Crippen LogP contribution is 2.05. The highest BCUT2D eigenvalue weighted by molar-refractivity contribution is 5.66. The number of carbonyl (C=O) groups excluding carboxylic acids is 1. The maximum atomic E-state index is 10.7. The lowest BCUT2D eigenvalue weighted by Gasteiger charge is -2.25. The Balaban J connectivity index is 2.19. The SMILES string of the molecule is COC(=O)NN1CCCCC1. The molecule has 1 aliphatic rings. The largest absolute Gasteiger partial charge is 0.452 e. The molecular formula is C7H14N2O2. The number of ether oxygens (including phenoxy) is 1. The summed E-state index contributed by atoms with van der Waals surface area (Å²) in [4.78, 5) is 10.7. The Morgan fingerprint density at radius 3 is 2.55 bits per heavy atom. The zero-order valence-electron chi connectivity index (χ0n) is 6.80. The molecule has 0 unspecified atom stereocenters. The van der Waals surface area contributed by atoms with Gasteiger partial charge in [-0.25, -0.2) is 9.80 Å². The zero-order valence-corrected chi connectivity index (χ0v) is 6.80. The van der Waals surface area contributed by atoms with E-state index in [-0.39, 0.29) is 6.09 Å². The van der Waals surface area contributed by atoms with Crippen LogP contribution in [0, 0.1) is 0 Å². The first-order chi connectivity index (χ1) is 5.33. The zero-order chi connectivity index (χ0) is 8.10. The summed E-state index contributed by atoms with van der Waals surface area (Å²) in [6.45, 7) is 1.88. The number of hydrazine groups is 1. The molecule has 64 valence electrons. The topological polar surface area (TPSA) is 41.6 Å². The molecule has 4 heteroatoms. The molecule has 0 spiro atoms. The van der Waals surface area contributed by atoms with Crippen molar-refractivity contribution in [1.29, 1.82) is 0 Å². The molecule has 1 fully saturated rings. The molecule has 0 aromatic rings. The van der Waals surface area contributed by atoms with Crippen LogP contribution in [0.4, 0.5) is 4.79 Å². The van der Waals surface area contributed by atoms with E-state index in [1.807, 2.05) is 5.01 Å². The molecule has 0 aliphatic carbocycles. The van der Waals surface area contributed by atoms with Crippen LogP contribution in [-0.2, 0) is 4.74 Å². The van der Waals surface area contributed by atoms with E-state index < -0.39 is 0 Å². The van der Waals surface area contributed by atoms with E-state index in [9.17, 15) is 4.79 Å². The number of hydrogen-bond acceptors (Lipinski definition) is 3. The number of hydrogen-bond donors (Lipinski definition) is 1. The van der Waals surface area contributed by atoms with Crippen LogP contribution < -0.4 is 5.43 Å². The standard InChI is InChI=1S/C7H14N2O2/c1-11-7(10)8-9-5-3-2-4-6-9/h2-6H2,1H3,(H,8,10). The molecular weight excluding hydrogens is 144 g/mol. The van der Waals surface area contributed by atoms with Crippen molar-refractivity contribution >= 4 is 6.09 Å². The Labute approximate surface area is 66.5 Å². The van der Waals surface area contributed by atoms with Crippen molar-refractivity contribution < 1.29 is 9.53 Å². The fourth-order valence-corrected chi connectivity index (χ4v) is 1.18. The van der Waals surface area contributed by atoms with E-state index in [1.54, 1.807) is 0 Å². The van der Waals surface area contributed by atoms with Gasteiger partial charge in [-0.2, -0.15) is 0 Å². The lowest BCUT2D eigenvalue weighted by Crippen LogP contribution is -2.44. The van der Waals surface area contributed by atoms with E-state index in [2.05, 4.69) is 10.2 Å². The second-order valence-electron chi connectivity index (χ2n) is 2.65. The molecule has 0 radical (unpaired) electrons. The third-order valence-corrected chi connectivity index (χ3v) is 1.79. The van der Waals surface area contributed by atoms with Gasteiger partial charge in [0.15, 0.2) is 0 Å². The summed E-state index contributed by atoms with van der Waals surface area (Å²) in [5.74, 6) is 0. The molecule has 1 N–H and O–H groups in total. The number of piperidine rings is 1. The van der Waals surface area contributed by atoms with Crippen molar-refractivity contribution in [1.82, 2.24) is 10.4 Å². The van der Waals surface area contributed by atoms with Gasteiger partial charge in [-0.05, 0) is 12.8 Å². The number of nitrogens with zero attached hydrogens (tertiary/aromatic N) is 1. The Morgan fingerprint density at radius 2 is 2.00 bits per heavy atom. The molecule has 4 nitrogen and oxygen atoms in total. The van der Waals surface area contributed by atoms with Crippen LogP contribution in [-0.4, -0.2) is 31.3 Å². The van der Waals surface area contributed by atoms with E-state index >= 15 is 0 Å². The van der Waals surface area contributed by atoms with Gasteiger partial charge in [-0.3, -0.25) is 5.43 Å². The van der Waals surface area contributed by atoms with E-state index in [1.165, 1.54) is 13.5 Å². The number of nitrogens with one attached hydrogen (secondary N) is 1. The molecule has 0 saturated carbocycles. The number of amides is 1. The monoisotopic (exact) mass is 158 g/mol. The van der Waals surface area contributed by atoms with Crippen LogP contribution in [0.5, 0.6) is 0 Å². The summed E-state index contributed by atoms with van der Waals surface area (Å²) in [5.41, 5.74) is 2.64. The summed E-state index contributed by atoms with van der Waals surface area (Å²) in [6, 6.07) is 0. The van der Waals surface area contributed by atoms with Crippen LogP contribution in [0.2, 0.25) is 0 Å². The van der Waals surface area contributed by atoms with Gasteiger partial charge in [0.05, 0.1) is 7.11 Å². The molecule has 1 saturated heterocycles. The van der Waals surface area contributed by atoms with Crippen LogP contribution in [0.1, 0.15) is 19.3 Å². The first kappa shape index (κ1) is 8.33. The number of methoxy groups -OCH3 is 1. The van der Waals surface area contributed by atoms with E-state index in [0.717, 1.165) is 25.9 Å². The maximum Gasteiger partial charge on any atom is 0.421 e. The average molecular weight is 158 g/mol. The van der Waals surface area contributed by atoms with Crippen molar-refractivity contribution in [3.05, 3.63) is 0 Å². The maximum absolute atomic E-state index is 10.7. The van der Waals surface area contributed by atoms with Gasteiger partial charge in [-0.1, -0.05) is 6.42 Å². The van der Waals surface area contributed by atoms with Gasteiger partial charge in [0.2, 0.25) is 0 Å². The lowest BCUT2D eigenvalue weighted by molar-refractivity contribution is 0.110. The molecule has 0 aromatic heterocycles. The van der Waals surface area contributed by atoms with Crippen molar-refractivity contribution in [3.8, 4) is 0 Å². The first-order valence-corrected chi connectivity index (χ1v) is 3.92. The molecule has 1 heterocycles. The predicted molar refractivity (Wildman–Crippen MR) is 41.0 cm³/mol. The quantitative estimate of drug-likeness (QED) is 0.612. The van der Waals surface area contributed by atoms with E-state index in [0.29, 0.717) is 0 Å². The highest BCUT2D eigenvalue weighted by Gasteiger charge is 2.11. The molecule has 0 aromatic carbocycles. The minimum absolute atomic E-state index is 0.369. The number of carbonyl (C=O) groups is 1. The summed E-state index contributed by atoms with van der Waals surface area (Å²) in [5, 5.41) is 1.90. The molecule has 0 atom stereocenters. The number of rotatable bonds is 1. The van der Waals surface area contributed by atoms with Gasteiger partial charge >= 0.3 is 6.09 Å². The minimum atomic E-state index is -0.369. The summed E-state index contributed by atoms with van der Waals surface area (Å²) in [6.07, 6.45) is 3.21. The van der Waals surface area contributed by atoms with Crippen molar-refractivity contribution in [2.24, 2.45) is 0 Å². The Bertz CT molecular complexity index is 132. The molecule has 0 bridgehead atoms. The molecule has 1 rings (SSSR count). The Kier molecular flexibility index (Phi) is 3.16. The fourth-order valence-electron chi connectivity index (χ4n) is 1.18. The fraction of sp³-hybridized carbons (Fsp3) is 0.857. The van der Waals surface area contributed by atoms with Crippen molar-refractivity contribution in [2.75, 3.05) is 20.2 Å². The van der Waals surface area contributed by atoms with Crippen LogP contribution in [0.3, 0.4) is 0 Å².